The van der Waals surface area contributed by atoms with Crippen molar-refractivity contribution in [3.8, 4) is 0 Å². The Morgan fingerprint density at radius 3 is 2.30 bits per heavy atom. The summed E-state index contributed by atoms with van der Waals surface area (Å²) in [5.41, 5.74) is 4.73. The molecular weight excluding hydrogens is 341 g/mol. The van der Waals surface area contributed by atoms with Gasteiger partial charge >= 0.3 is 12.1 Å². The highest BCUT2D eigenvalue weighted by Crippen LogP contribution is 2.22. The Kier molecular flexibility index (Phi) is 7.64. The summed E-state index contributed by atoms with van der Waals surface area (Å²) in [6, 6.07) is -1.14. The van der Waals surface area contributed by atoms with Gasteiger partial charge in [0.1, 0.15) is 11.6 Å². The lowest BCUT2D eigenvalue weighted by Gasteiger charge is -2.21. The van der Waals surface area contributed by atoms with Crippen molar-refractivity contribution in [1.29, 1.82) is 0 Å². The van der Waals surface area contributed by atoms with Gasteiger partial charge in [0.15, 0.2) is 6.10 Å². The Morgan fingerprint density at radius 1 is 1.35 bits per heavy atom. The molecule has 0 aliphatic carbocycles. The summed E-state index contributed by atoms with van der Waals surface area (Å²) in [7, 11) is -4.19. The molecule has 0 rings (SSSR count). The molecule has 0 heterocycles. The van der Waals surface area contributed by atoms with Crippen molar-refractivity contribution < 1.29 is 36.2 Å². The quantitative estimate of drug-likeness (QED) is 0.510. The number of alkyl halides is 3. The number of carbonyl (C=O) groups is 1. The summed E-state index contributed by atoms with van der Waals surface area (Å²) in [5, 5.41) is 8.72. The molecule has 0 saturated heterocycles. The van der Waals surface area contributed by atoms with Gasteiger partial charge in [-0.15, -0.1) is 0 Å². The Labute approximate surface area is 132 Å². The van der Waals surface area contributed by atoms with E-state index < -0.39 is 52.1 Å². The Morgan fingerprint density at radius 2 is 1.87 bits per heavy atom. The first-order valence-electron chi connectivity index (χ1n) is 6.64. The average molecular weight is 362 g/mol. The van der Waals surface area contributed by atoms with Gasteiger partial charge < -0.3 is 15.6 Å². The van der Waals surface area contributed by atoms with Gasteiger partial charge in [-0.25, -0.2) is 8.42 Å². The van der Waals surface area contributed by atoms with Crippen LogP contribution in [0.4, 0.5) is 13.2 Å². The van der Waals surface area contributed by atoms with Crippen LogP contribution in [0.15, 0.2) is 4.40 Å². The molecule has 3 N–H and O–H groups in total. The lowest BCUT2D eigenvalue weighted by atomic mass is 10.2. The van der Waals surface area contributed by atoms with Gasteiger partial charge in [-0.3, -0.25) is 4.79 Å². The summed E-state index contributed by atoms with van der Waals surface area (Å²) in [4.78, 5) is 11.5. The SMILES string of the molecule is CC(C)(C)OC(=O)C(N)C/C=N/S(=O)(=O)CCC(O)C(F)(F)F. The smallest absolute Gasteiger partial charge is 0.414 e. The number of hydrogen-bond donors (Lipinski definition) is 2. The molecule has 2 unspecified atom stereocenters. The van der Waals surface area contributed by atoms with Crippen LogP contribution in [0.5, 0.6) is 0 Å². The fraction of sp³-hybridized carbons (Fsp3) is 0.833. The van der Waals surface area contributed by atoms with Crippen molar-refractivity contribution in [2.75, 3.05) is 5.75 Å². The third kappa shape index (κ3) is 10.2. The summed E-state index contributed by atoms with van der Waals surface area (Å²) >= 11 is 0. The largest absolute Gasteiger partial charge is 0.459 e. The van der Waals surface area contributed by atoms with E-state index in [9.17, 15) is 26.4 Å². The third-order valence-corrected chi connectivity index (χ3v) is 3.55. The molecule has 0 spiro atoms. The Hall–Kier alpha value is -1.20. The minimum atomic E-state index is -4.89. The van der Waals surface area contributed by atoms with Gasteiger partial charge in [-0.1, -0.05) is 0 Å². The first-order chi connectivity index (χ1) is 10.1. The fourth-order valence-electron chi connectivity index (χ4n) is 1.22. The zero-order chi connectivity index (χ0) is 18.5. The highest BCUT2D eigenvalue weighted by molar-refractivity contribution is 7.90. The van der Waals surface area contributed by atoms with Crippen molar-refractivity contribution in [2.24, 2.45) is 10.1 Å². The first kappa shape index (κ1) is 21.8. The molecule has 23 heavy (non-hydrogen) atoms. The number of nitrogens with two attached hydrogens (primary N) is 1. The summed E-state index contributed by atoms with van der Waals surface area (Å²) in [5.74, 6) is -1.74. The zero-order valence-electron chi connectivity index (χ0n) is 13.0. The van der Waals surface area contributed by atoms with Crippen molar-refractivity contribution >= 4 is 22.2 Å². The monoisotopic (exact) mass is 362 g/mol. The minimum Gasteiger partial charge on any atom is -0.459 e. The van der Waals surface area contributed by atoms with Crippen LogP contribution in [-0.4, -0.2) is 55.4 Å². The number of rotatable bonds is 7. The summed E-state index contributed by atoms with van der Waals surface area (Å²) < 4.78 is 67.1. The molecule has 0 aromatic carbocycles. The maximum atomic E-state index is 12.1. The number of aliphatic hydroxyl groups excluding tert-OH is 1. The molecule has 136 valence electrons. The number of hydrogen-bond acceptors (Lipinski definition) is 6. The second-order valence-corrected chi connectivity index (χ2v) is 7.58. The van der Waals surface area contributed by atoms with Crippen molar-refractivity contribution in [1.82, 2.24) is 0 Å². The molecule has 0 amide bonds. The van der Waals surface area contributed by atoms with E-state index in [1.54, 1.807) is 20.8 Å². The van der Waals surface area contributed by atoms with Crippen LogP contribution in [0, 0.1) is 0 Å². The number of ether oxygens (including phenoxy) is 1. The average Bonchev–Trinajstić information content (AvgIpc) is 2.32. The summed E-state index contributed by atoms with van der Waals surface area (Å²) in [6.45, 7) is 4.88. The number of nitrogens with zero attached hydrogens (tertiary/aromatic N) is 1. The predicted octanol–water partition coefficient (Wildman–Crippen LogP) is 0.759. The number of carbonyl (C=O) groups excluding carboxylic acids is 1. The molecule has 7 nitrogen and oxygen atoms in total. The van der Waals surface area contributed by atoms with Gasteiger partial charge in [-0.05, 0) is 27.2 Å². The maximum Gasteiger partial charge on any atom is 0.414 e. The number of sulfonamides is 1. The van der Waals surface area contributed by atoms with Crippen LogP contribution < -0.4 is 5.73 Å². The van der Waals surface area contributed by atoms with E-state index in [0.717, 1.165) is 6.21 Å². The van der Waals surface area contributed by atoms with Crippen molar-refractivity contribution in [3.05, 3.63) is 0 Å². The summed E-state index contributed by atoms with van der Waals surface area (Å²) in [6.07, 6.45) is -8.09. The molecule has 0 fully saturated rings. The highest BCUT2D eigenvalue weighted by atomic mass is 32.2. The molecule has 0 aromatic rings. The molecule has 0 aliphatic heterocycles. The first-order valence-corrected chi connectivity index (χ1v) is 8.24. The highest BCUT2D eigenvalue weighted by Gasteiger charge is 2.38. The maximum absolute atomic E-state index is 12.1. The molecule has 0 radical (unpaired) electrons. The van der Waals surface area contributed by atoms with Gasteiger partial charge in [0, 0.05) is 12.6 Å². The normalized spacial score (nSPS) is 16.3. The van der Waals surface area contributed by atoms with Crippen LogP contribution in [0.3, 0.4) is 0 Å². The fourth-order valence-corrected chi connectivity index (χ4v) is 2.16. The molecule has 0 aliphatic rings. The Bertz CT molecular complexity index is 526. The Balaban J connectivity index is 4.46. The van der Waals surface area contributed by atoms with Gasteiger partial charge in [-0.2, -0.15) is 17.6 Å². The zero-order valence-corrected chi connectivity index (χ0v) is 13.8. The molecule has 2 atom stereocenters. The second-order valence-electron chi connectivity index (χ2n) is 5.80. The lowest BCUT2D eigenvalue weighted by Crippen LogP contribution is -2.37. The molecule has 0 bridgehead atoms. The molecular formula is C12H21F3N2O5S. The van der Waals surface area contributed by atoms with Crippen LogP contribution in [-0.2, 0) is 19.6 Å². The van der Waals surface area contributed by atoms with E-state index in [4.69, 9.17) is 15.6 Å². The number of aliphatic hydroxyl groups is 1. The number of esters is 1. The van der Waals surface area contributed by atoms with Gasteiger partial charge in [0.25, 0.3) is 10.0 Å². The standard InChI is InChI=1S/C12H21F3N2O5S/c1-11(2,3)22-10(19)8(16)4-6-17-23(20,21)7-5-9(18)12(13,14)15/h6,8-9,18H,4-5,7,16H2,1-3H3/b17-6+. The number of halogens is 3. The molecule has 0 aromatic heterocycles. The van der Waals surface area contributed by atoms with Gasteiger partial charge in [0.05, 0.1) is 5.75 Å². The molecule has 0 saturated carbocycles. The van der Waals surface area contributed by atoms with Crippen LogP contribution in [0.2, 0.25) is 0 Å². The molecule has 11 heteroatoms. The van der Waals surface area contributed by atoms with Crippen LogP contribution in [0.1, 0.15) is 33.6 Å². The van der Waals surface area contributed by atoms with Crippen LogP contribution >= 0.6 is 0 Å². The van der Waals surface area contributed by atoms with E-state index in [1.807, 2.05) is 0 Å². The third-order valence-electron chi connectivity index (χ3n) is 2.33. The topological polar surface area (TPSA) is 119 Å². The van der Waals surface area contributed by atoms with E-state index in [1.165, 1.54) is 0 Å². The van der Waals surface area contributed by atoms with Crippen LogP contribution in [0.25, 0.3) is 0 Å². The van der Waals surface area contributed by atoms with E-state index in [0.29, 0.717) is 0 Å². The van der Waals surface area contributed by atoms with E-state index >= 15 is 0 Å². The second kappa shape index (κ2) is 8.06. The van der Waals surface area contributed by atoms with Crippen molar-refractivity contribution in [2.45, 2.75) is 57.5 Å². The minimum absolute atomic E-state index is 0.254. The predicted molar refractivity (Wildman–Crippen MR) is 77.4 cm³/mol. The van der Waals surface area contributed by atoms with E-state index in [-0.39, 0.29) is 6.42 Å². The van der Waals surface area contributed by atoms with Crippen molar-refractivity contribution in [3.63, 3.8) is 0 Å². The lowest BCUT2D eigenvalue weighted by molar-refractivity contribution is -0.203. The van der Waals surface area contributed by atoms with E-state index in [2.05, 4.69) is 4.40 Å². The van der Waals surface area contributed by atoms with Gasteiger partial charge in [0.2, 0.25) is 0 Å².